The number of nitrogens with one attached hydrogen (secondary N) is 3. The summed E-state index contributed by atoms with van der Waals surface area (Å²) in [4.78, 5) is 12.5. The number of hydrogen-bond acceptors (Lipinski definition) is 2. The summed E-state index contributed by atoms with van der Waals surface area (Å²) in [7, 11) is 0. The summed E-state index contributed by atoms with van der Waals surface area (Å²) in [5.41, 5.74) is 2.28. The largest absolute Gasteiger partial charge is 0.339 e. The predicted octanol–water partition coefficient (Wildman–Crippen LogP) is 5.62. The van der Waals surface area contributed by atoms with E-state index in [0.717, 1.165) is 18.4 Å². The Balaban J connectivity index is 2.08. The quantitative estimate of drug-likeness (QED) is 0.172. The number of alkyl halides is 3. The second-order valence-electron chi connectivity index (χ2n) is 5.51. The highest BCUT2D eigenvalue weighted by Gasteiger charge is 2.35. The van der Waals surface area contributed by atoms with Crippen molar-refractivity contribution in [3.05, 3.63) is 60.7 Å². The Morgan fingerprint density at radius 1 is 1.04 bits per heavy atom. The van der Waals surface area contributed by atoms with Crippen LogP contribution < -0.4 is 16.0 Å². The first kappa shape index (κ1) is 23.2. The number of carbonyl (C=O) groups is 1. The van der Waals surface area contributed by atoms with E-state index in [0.29, 0.717) is 5.56 Å². The minimum atomic E-state index is -1.81. The Bertz CT molecular complexity index is 844. The molecule has 2 aromatic carbocycles. The van der Waals surface area contributed by atoms with Gasteiger partial charge in [0, 0.05) is 18.4 Å². The fourth-order valence-electron chi connectivity index (χ4n) is 2.07. The Morgan fingerprint density at radius 3 is 2.19 bits per heavy atom. The van der Waals surface area contributed by atoms with Crippen LogP contribution in [0.4, 0.5) is 5.69 Å². The summed E-state index contributed by atoms with van der Waals surface area (Å²) in [6.45, 7) is 1.96. The molecular weight excluding hydrogens is 654 g/mol. The lowest BCUT2D eigenvalue weighted by atomic mass is 10.2. The van der Waals surface area contributed by atoms with Gasteiger partial charge in [-0.25, -0.2) is 0 Å². The lowest BCUT2D eigenvalue weighted by Crippen LogP contribution is -2.56. The summed E-state index contributed by atoms with van der Waals surface area (Å²) in [5.74, 6) is -0.386. The van der Waals surface area contributed by atoms with Gasteiger partial charge in [-0.2, -0.15) is 0 Å². The molecule has 144 valence electrons. The molecule has 3 N–H and O–H groups in total. The zero-order valence-corrected chi connectivity index (χ0v) is 21.2. The Labute approximate surface area is 205 Å². The van der Waals surface area contributed by atoms with Crippen molar-refractivity contribution in [1.82, 2.24) is 10.6 Å². The zero-order valence-electron chi connectivity index (χ0n) is 13.8. The maximum atomic E-state index is 12.5. The van der Waals surface area contributed by atoms with Crippen LogP contribution in [-0.2, 0) is 0 Å². The van der Waals surface area contributed by atoms with Gasteiger partial charge in [-0.05, 0) is 112 Å². The lowest BCUT2D eigenvalue weighted by molar-refractivity contribution is 0.0934. The summed E-state index contributed by atoms with van der Waals surface area (Å²) in [5, 5.41) is 8.77. The van der Waals surface area contributed by atoms with Crippen molar-refractivity contribution >= 4 is 109 Å². The molecule has 1 unspecified atom stereocenters. The van der Waals surface area contributed by atoms with Crippen molar-refractivity contribution in [2.45, 2.75) is 16.9 Å². The van der Waals surface area contributed by atoms with Crippen molar-refractivity contribution < 1.29 is 4.79 Å². The van der Waals surface area contributed by atoms with Gasteiger partial charge in [-0.15, -0.1) is 0 Å². The Hall–Kier alpha value is -0.0700. The first-order chi connectivity index (χ1) is 12.6. The van der Waals surface area contributed by atoms with E-state index >= 15 is 0 Å². The van der Waals surface area contributed by atoms with Gasteiger partial charge in [0.15, 0.2) is 5.11 Å². The number of rotatable bonds is 4. The number of hydrogen-bond donors (Lipinski definition) is 3. The predicted molar refractivity (Wildman–Crippen MR) is 134 cm³/mol. The molecule has 0 saturated carbocycles. The molecule has 0 aromatic heterocycles. The van der Waals surface area contributed by atoms with Gasteiger partial charge in [-0.3, -0.25) is 4.79 Å². The molecule has 0 aliphatic heterocycles. The third-order valence-electron chi connectivity index (χ3n) is 3.42. The maximum absolute atomic E-state index is 12.5. The van der Waals surface area contributed by atoms with Gasteiger partial charge in [0.25, 0.3) is 5.91 Å². The number of anilines is 1. The molecule has 4 nitrogen and oxygen atoms in total. The van der Waals surface area contributed by atoms with E-state index in [1.807, 2.05) is 37.3 Å². The van der Waals surface area contributed by atoms with E-state index in [-0.39, 0.29) is 11.0 Å². The van der Waals surface area contributed by atoms with Gasteiger partial charge >= 0.3 is 0 Å². The molecule has 0 aliphatic rings. The average molecular weight is 669 g/mol. The van der Waals surface area contributed by atoms with E-state index in [9.17, 15) is 4.79 Å². The van der Waals surface area contributed by atoms with Gasteiger partial charge in [0.05, 0.1) is 0 Å². The van der Waals surface area contributed by atoms with Crippen LogP contribution >= 0.6 is 92.2 Å². The summed E-state index contributed by atoms with van der Waals surface area (Å²) in [6.07, 6.45) is -1.03. The minimum absolute atomic E-state index is 0.221. The van der Waals surface area contributed by atoms with Crippen molar-refractivity contribution in [3.63, 3.8) is 0 Å². The van der Waals surface area contributed by atoms with Crippen molar-refractivity contribution in [2.75, 3.05) is 5.32 Å². The van der Waals surface area contributed by atoms with Crippen LogP contribution in [0.2, 0.25) is 0 Å². The molecule has 1 atom stereocenters. The highest BCUT2D eigenvalue weighted by Crippen LogP contribution is 2.29. The van der Waals surface area contributed by atoms with Crippen molar-refractivity contribution in [3.8, 4) is 0 Å². The first-order valence-electron chi connectivity index (χ1n) is 7.53. The van der Waals surface area contributed by atoms with E-state index in [2.05, 4.69) is 61.1 Å². The number of aryl methyl sites for hydroxylation is 1. The number of carbonyl (C=O) groups excluding carboxylic acids is 1. The molecule has 0 saturated heterocycles. The van der Waals surface area contributed by atoms with Crippen LogP contribution in [0.3, 0.4) is 0 Å². The lowest BCUT2D eigenvalue weighted by Gasteiger charge is -2.28. The summed E-state index contributed by atoms with van der Waals surface area (Å²) < 4.78 is 0.308. The van der Waals surface area contributed by atoms with E-state index in [1.165, 1.54) is 0 Å². The van der Waals surface area contributed by atoms with Crippen LogP contribution in [0.5, 0.6) is 0 Å². The fourth-order valence-corrected chi connectivity index (χ4v) is 3.63. The van der Waals surface area contributed by atoms with Crippen LogP contribution in [0.25, 0.3) is 0 Å². The summed E-state index contributed by atoms with van der Waals surface area (Å²) in [6, 6.07) is 12.9. The van der Waals surface area contributed by atoms with Crippen molar-refractivity contribution in [1.29, 1.82) is 0 Å². The fraction of sp³-hybridized carbons (Fsp3) is 0.176. The molecule has 0 aliphatic carbocycles. The zero-order chi connectivity index (χ0) is 20.2. The molecule has 2 rings (SSSR count). The van der Waals surface area contributed by atoms with Gasteiger partial charge in [0.1, 0.15) is 6.17 Å². The molecule has 1 amide bonds. The van der Waals surface area contributed by atoms with Gasteiger partial charge in [-0.1, -0.05) is 34.8 Å². The monoisotopic (exact) mass is 667 g/mol. The maximum Gasteiger partial charge on any atom is 0.252 e. The molecule has 2 aromatic rings. The van der Waals surface area contributed by atoms with E-state index in [4.69, 9.17) is 47.0 Å². The average Bonchev–Trinajstić information content (AvgIpc) is 2.56. The summed E-state index contributed by atoms with van der Waals surface area (Å²) >= 11 is 27.8. The molecule has 27 heavy (non-hydrogen) atoms. The Morgan fingerprint density at radius 2 is 1.63 bits per heavy atom. The second-order valence-corrected chi connectivity index (χ2v) is 10.8. The minimum Gasteiger partial charge on any atom is -0.339 e. The molecule has 0 spiro atoms. The molecule has 0 heterocycles. The Kier molecular flexibility index (Phi) is 8.69. The molecule has 0 fully saturated rings. The number of benzene rings is 2. The smallest absolute Gasteiger partial charge is 0.252 e. The molecule has 10 heteroatoms. The van der Waals surface area contributed by atoms with Gasteiger partial charge in [0.2, 0.25) is 3.79 Å². The van der Waals surface area contributed by atoms with Gasteiger partial charge < -0.3 is 16.0 Å². The van der Waals surface area contributed by atoms with E-state index < -0.39 is 9.96 Å². The topological polar surface area (TPSA) is 53.2 Å². The molecular formula is C17H14Cl3I2N3OS. The number of amides is 1. The van der Waals surface area contributed by atoms with E-state index in [1.54, 1.807) is 12.1 Å². The normalized spacial score (nSPS) is 12.2. The van der Waals surface area contributed by atoms with Crippen LogP contribution in [-0.4, -0.2) is 21.0 Å². The third-order valence-corrected chi connectivity index (χ3v) is 5.69. The van der Waals surface area contributed by atoms with Crippen LogP contribution in [0.1, 0.15) is 15.9 Å². The van der Waals surface area contributed by atoms with Crippen molar-refractivity contribution in [2.24, 2.45) is 0 Å². The SMILES string of the molecule is Cc1cc(I)ccc1NC(=S)NC(NC(=O)c1ccc(I)cc1)C(Cl)(Cl)Cl. The molecule has 0 radical (unpaired) electrons. The van der Waals surface area contributed by atoms with Crippen LogP contribution in [0.15, 0.2) is 42.5 Å². The highest BCUT2D eigenvalue weighted by atomic mass is 127. The number of halogens is 5. The first-order valence-corrected chi connectivity index (χ1v) is 11.2. The third kappa shape index (κ3) is 7.36. The highest BCUT2D eigenvalue weighted by molar-refractivity contribution is 14.1. The standard InChI is InChI=1S/C17H14Cl3I2N3OS/c1-9-8-12(22)6-7-13(9)23-16(27)25-15(17(18,19)20)24-14(26)10-2-4-11(21)5-3-10/h2-8,15H,1H3,(H,24,26)(H2,23,25,27). The number of thiocarbonyl (C=S) groups is 1. The second kappa shape index (κ2) is 10.1. The molecule has 0 bridgehead atoms. The van der Waals surface area contributed by atoms with Crippen LogP contribution in [0, 0.1) is 14.1 Å².